The van der Waals surface area contributed by atoms with Crippen molar-refractivity contribution >= 4 is 5.52 Å². The van der Waals surface area contributed by atoms with Gasteiger partial charge in [0, 0.05) is 28.5 Å². The van der Waals surface area contributed by atoms with Gasteiger partial charge < -0.3 is 9.14 Å². The minimum Gasteiger partial charge on any atom is -0.496 e. The molecule has 162 valence electrons. The molecule has 2 heteroatoms. The van der Waals surface area contributed by atoms with Gasteiger partial charge in [-0.1, -0.05) is 26.0 Å². The molecule has 4 aliphatic rings. The normalized spacial score (nSPS) is 29.3. The molecule has 4 saturated carbocycles. The Morgan fingerprint density at radius 2 is 1.65 bits per heavy atom. The summed E-state index contributed by atoms with van der Waals surface area (Å²) in [4.78, 5) is 0. The topological polar surface area (TPSA) is 13.6 Å². The summed E-state index contributed by atoms with van der Waals surface area (Å²) in [5.41, 5.74) is 8.78. The Morgan fingerprint density at radius 3 is 2.26 bits per heavy atom. The molecule has 0 unspecified atom stereocenters. The van der Waals surface area contributed by atoms with Crippen molar-refractivity contribution in [3.8, 4) is 16.9 Å². The van der Waals surface area contributed by atoms with E-state index in [0.717, 1.165) is 23.5 Å². The van der Waals surface area contributed by atoms with Gasteiger partial charge >= 0.3 is 0 Å². The Bertz CT molecular complexity index is 1120. The molecule has 2 nitrogen and oxygen atoms in total. The number of ether oxygens (including phenoxy) is 1. The molecule has 3 aromatic rings. The minimum atomic E-state index is 0.334. The predicted molar refractivity (Wildman–Crippen MR) is 128 cm³/mol. The van der Waals surface area contributed by atoms with Crippen LogP contribution >= 0.6 is 0 Å². The van der Waals surface area contributed by atoms with Crippen LogP contribution in [0.15, 0.2) is 42.6 Å². The van der Waals surface area contributed by atoms with Crippen LogP contribution in [0.4, 0.5) is 0 Å². The third-order valence-corrected chi connectivity index (χ3v) is 8.78. The summed E-state index contributed by atoms with van der Waals surface area (Å²) in [6, 6.07) is 13.7. The van der Waals surface area contributed by atoms with E-state index in [-0.39, 0.29) is 0 Å². The summed E-state index contributed by atoms with van der Waals surface area (Å²) in [6.07, 6.45) is 10.8. The maximum atomic E-state index is 5.99. The largest absolute Gasteiger partial charge is 0.496 e. The molecule has 4 aliphatic carbocycles. The fourth-order valence-corrected chi connectivity index (χ4v) is 8.05. The average molecular weight is 414 g/mol. The molecule has 2 aromatic heterocycles. The predicted octanol–water partition coefficient (Wildman–Crippen LogP) is 7.51. The van der Waals surface area contributed by atoms with Crippen molar-refractivity contribution in [2.24, 2.45) is 17.8 Å². The van der Waals surface area contributed by atoms with Gasteiger partial charge in [-0.3, -0.25) is 0 Å². The smallest absolute Gasteiger partial charge is 0.122 e. The molecule has 4 bridgehead atoms. The van der Waals surface area contributed by atoms with E-state index in [9.17, 15) is 0 Å². The number of aryl methyl sites for hydroxylation is 1. The van der Waals surface area contributed by atoms with E-state index < -0.39 is 0 Å². The van der Waals surface area contributed by atoms with Gasteiger partial charge in [0.1, 0.15) is 5.75 Å². The zero-order valence-electron chi connectivity index (χ0n) is 19.4. The molecule has 0 atom stereocenters. The number of hydrogen-bond acceptors (Lipinski definition) is 1. The lowest BCUT2D eigenvalue weighted by Crippen LogP contribution is -2.48. The van der Waals surface area contributed by atoms with E-state index in [2.05, 4.69) is 67.8 Å². The molecule has 0 saturated heterocycles. The van der Waals surface area contributed by atoms with Gasteiger partial charge in [0.25, 0.3) is 0 Å². The van der Waals surface area contributed by atoms with Crippen molar-refractivity contribution in [2.45, 2.75) is 70.6 Å². The number of hydrogen-bond donors (Lipinski definition) is 0. The minimum absolute atomic E-state index is 0.334. The van der Waals surface area contributed by atoms with Crippen molar-refractivity contribution < 1.29 is 4.74 Å². The molecule has 31 heavy (non-hydrogen) atoms. The zero-order valence-corrected chi connectivity index (χ0v) is 19.4. The standard InChI is InChI=1S/C29H35NO/c1-18(2)28-27(19(3)25-7-5-6-10-30(25)28)23-8-9-26(31-4)24(14-23)29-15-20-11-21(16-29)13-22(12-20)17-29/h5-10,14,18,20-22H,11-13,15-17H2,1-4H3. The quantitative estimate of drug-likeness (QED) is 0.431. The summed E-state index contributed by atoms with van der Waals surface area (Å²) in [5.74, 6) is 4.38. The van der Waals surface area contributed by atoms with Gasteiger partial charge in [-0.05, 0) is 110 Å². The second kappa shape index (κ2) is 6.89. The lowest BCUT2D eigenvalue weighted by atomic mass is 9.48. The van der Waals surface area contributed by atoms with E-state index in [1.807, 2.05) is 7.11 Å². The number of methoxy groups -OCH3 is 1. The molecule has 7 rings (SSSR count). The molecule has 0 aliphatic heterocycles. The molecule has 0 radical (unpaired) electrons. The molecule has 2 heterocycles. The second-order valence-corrected chi connectivity index (χ2v) is 11.1. The van der Waals surface area contributed by atoms with Crippen LogP contribution in [0.25, 0.3) is 16.6 Å². The van der Waals surface area contributed by atoms with Gasteiger partial charge in [-0.15, -0.1) is 0 Å². The number of rotatable bonds is 4. The van der Waals surface area contributed by atoms with Crippen molar-refractivity contribution in [3.05, 3.63) is 59.4 Å². The number of pyridine rings is 1. The Morgan fingerprint density at radius 1 is 0.968 bits per heavy atom. The van der Waals surface area contributed by atoms with E-state index in [0.29, 0.717) is 11.3 Å². The first-order valence-corrected chi connectivity index (χ1v) is 12.3. The van der Waals surface area contributed by atoms with E-state index in [1.54, 1.807) is 0 Å². The number of fused-ring (bicyclic) bond motifs is 1. The number of aromatic nitrogens is 1. The summed E-state index contributed by atoms with van der Waals surface area (Å²) < 4.78 is 8.39. The second-order valence-electron chi connectivity index (χ2n) is 11.1. The first kappa shape index (κ1) is 19.5. The van der Waals surface area contributed by atoms with Gasteiger partial charge in [-0.2, -0.15) is 0 Å². The average Bonchev–Trinajstić information content (AvgIpc) is 3.05. The highest BCUT2D eigenvalue weighted by molar-refractivity contribution is 5.81. The Kier molecular flexibility index (Phi) is 4.32. The Hall–Kier alpha value is -2.22. The van der Waals surface area contributed by atoms with Crippen molar-refractivity contribution in [1.29, 1.82) is 0 Å². The first-order valence-electron chi connectivity index (χ1n) is 12.3. The third kappa shape index (κ3) is 2.83. The third-order valence-electron chi connectivity index (χ3n) is 8.78. The molecule has 0 N–H and O–H groups in total. The van der Waals surface area contributed by atoms with Crippen molar-refractivity contribution in [2.75, 3.05) is 7.11 Å². The molecular formula is C29H35NO. The summed E-state index contributed by atoms with van der Waals surface area (Å²) >= 11 is 0. The lowest BCUT2D eigenvalue weighted by molar-refractivity contribution is -0.00613. The molecule has 4 fully saturated rings. The molecular weight excluding hydrogens is 378 g/mol. The maximum Gasteiger partial charge on any atom is 0.122 e. The van der Waals surface area contributed by atoms with Crippen molar-refractivity contribution in [3.63, 3.8) is 0 Å². The number of nitrogens with zero attached hydrogens (tertiary/aromatic N) is 1. The van der Waals surface area contributed by atoms with E-state index >= 15 is 0 Å². The van der Waals surface area contributed by atoms with Crippen LogP contribution in [0.3, 0.4) is 0 Å². The molecule has 0 spiro atoms. The highest BCUT2D eigenvalue weighted by Gasteiger charge is 2.52. The summed E-state index contributed by atoms with van der Waals surface area (Å²) in [6.45, 7) is 6.94. The Labute approximate surface area is 186 Å². The highest BCUT2D eigenvalue weighted by Crippen LogP contribution is 2.62. The summed E-state index contributed by atoms with van der Waals surface area (Å²) in [7, 11) is 1.86. The summed E-state index contributed by atoms with van der Waals surface area (Å²) in [5, 5.41) is 0. The highest BCUT2D eigenvalue weighted by atomic mass is 16.5. The van der Waals surface area contributed by atoms with Gasteiger partial charge in [0.2, 0.25) is 0 Å². The lowest BCUT2D eigenvalue weighted by Gasteiger charge is -2.57. The van der Waals surface area contributed by atoms with E-state index in [4.69, 9.17) is 4.74 Å². The molecule has 0 amide bonds. The van der Waals surface area contributed by atoms with Gasteiger partial charge in [0.05, 0.1) is 7.11 Å². The zero-order chi connectivity index (χ0) is 21.3. The SMILES string of the molecule is COc1ccc(-c2c(C)c3ccccn3c2C(C)C)cc1C12CC3CC(CC(C3)C1)C2. The van der Waals surface area contributed by atoms with Crippen LogP contribution in [0.5, 0.6) is 5.75 Å². The van der Waals surface area contributed by atoms with Crippen LogP contribution in [0, 0.1) is 24.7 Å². The molecule has 1 aromatic carbocycles. The monoisotopic (exact) mass is 413 g/mol. The first-order chi connectivity index (χ1) is 15.0. The maximum absolute atomic E-state index is 5.99. The van der Waals surface area contributed by atoms with Crippen LogP contribution in [-0.2, 0) is 5.41 Å². The van der Waals surface area contributed by atoms with Gasteiger partial charge in [-0.25, -0.2) is 0 Å². The van der Waals surface area contributed by atoms with Crippen LogP contribution in [-0.4, -0.2) is 11.5 Å². The fraction of sp³-hybridized carbons (Fsp3) is 0.517. The van der Waals surface area contributed by atoms with Crippen LogP contribution < -0.4 is 4.74 Å². The van der Waals surface area contributed by atoms with Crippen LogP contribution in [0.2, 0.25) is 0 Å². The van der Waals surface area contributed by atoms with Crippen molar-refractivity contribution in [1.82, 2.24) is 4.40 Å². The van der Waals surface area contributed by atoms with E-state index in [1.165, 1.54) is 72.0 Å². The number of benzene rings is 1. The van der Waals surface area contributed by atoms with Gasteiger partial charge in [0.15, 0.2) is 0 Å². The Balaban J connectivity index is 1.55. The fourth-order valence-electron chi connectivity index (χ4n) is 8.05. The van der Waals surface area contributed by atoms with Crippen LogP contribution in [0.1, 0.15) is 75.1 Å².